The topological polar surface area (TPSA) is 50.3 Å². The van der Waals surface area contributed by atoms with Crippen molar-refractivity contribution in [3.05, 3.63) is 12.4 Å². The standard InChI is InChI=1S/C13H20N4O/c1-17(12-7-13(18-2)15-8-14-12)11-5-9-3-4-10(6-11)16-9/h7-11,16H,3-6H2,1-2H3. The van der Waals surface area contributed by atoms with Crippen molar-refractivity contribution in [2.24, 2.45) is 0 Å². The molecule has 1 N–H and O–H groups in total. The summed E-state index contributed by atoms with van der Waals surface area (Å²) in [6, 6.07) is 3.87. The molecule has 3 rings (SSSR count). The minimum Gasteiger partial charge on any atom is -0.481 e. The molecular formula is C13H20N4O. The second-order valence-electron chi connectivity index (χ2n) is 5.29. The van der Waals surface area contributed by atoms with Crippen LogP contribution in [-0.2, 0) is 0 Å². The van der Waals surface area contributed by atoms with Crippen molar-refractivity contribution in [1.29, 1.82) is 0 Å². The Morgan fingerprint density at radius 3 is 2.67 bits per heavy atom. The summed E-state index contributed by atoms with van der Waals surface area (Å²) in [6.45, 7) is 0. The van der Waals surface area contributed by atoms with E-state index in [4.69, 9.17) is 4.74 Å². The van der Waals surface area contributed by atoms with E-state index in [2.05, 4.69) is 27.2 Å². The van der Waals surface area contributed by atoms with Crippen LogP contribution in [0.15, 0.2) is 12.4 Å². The zero-order valence-electron chi connectivity index (χ0n) is 11.0. The van der Waals surface area contributed by atoms with Gasteiger partial charge in [0.15, 0.2) is 0 Å². The number of anilines is 1. The van der Waals surface area contributed by atoms with Crippen molar-refractivity contribution < 1.29 is 4.74 Å². The maximum atomic E-state index is 5.16. The van der Waals surface area contributed by atoms with Gasteiger partial charge in [-0.1, -0.05) is 0 Å². The minimum atomic E-state index is 0.573. The molecule has 2 aliphatic heterocycles. The first-order chi connectivity index (χ1) is 8.76. The molecule has 0 aromatic carbocycles. The van der Waals surface area contributed by atoms with Gasteiger partial charge in [-0.2, -0.15) is 0 Å². The SMILES string of the molecule is COc1cc(N(C)C2CC3CCC(C2)N3)ncn1. The number of aromatic nitrogens is 2. The van der Waals surface area contributed by atoms with Crippen molar-refractivity contribution in [3.63, 3.8) is 0 Å². The molecule has 2 saturated heterocycles. The third-order valence-electron chi connectivity index (χ3n) is 4.19. The number of hydrogen-bond acceptors (Lipinski definition) is 5. The smallest absolute Gasteiger partial charge is 0.218 e. The molecule has 0 radical (unpaired) electrons. The molecule has 2 bridgehead atoms. The first kappa shape index (κ1) is 11.7. The molecule has 0 spiro atoms. The van der Waals surface area contributed by atoms with Crippen LogP contribution in [0.4, 0.5) is 5.82 Å². The van der Waals surface area contributed by atoms with E-state index in [0.717, 1.165) is 5.82 Å². The lowest BCUT2D eigenvalue weighted by Gasteiger charge is -2.36. The average Bonchev–Trinajstić information content (AvgIpc) is 2.76. The van der Waals surface area contributed by atoms with Gasteiger partial charge in [0.25, 0.3) is 0 Å². The van der Waals surface area contributed by atoms with Crippen molar-refractivity contribution >= 4 is 5.82 Å². The third kappa shape index (κ3) is 2.14. The molecule has 2 atom stereocenters. The molecule has 0 saturated carbocycles. The van der Waals surface area contributed by atoms with E-state index in [1.54, 1.807) is 13.4 Å². The van der Waals surface area contributed by atoms with Crippen LogP contribution in [0.2, 0.25) is 0 Å². The van der Waals surface area contributed by atoms with E-state index in [1.165, 1.54) is 25.7 Å². The van der Waals surface area contributed by atoms with Crippen LogP contribution < -0.4 is 15.0 Å². The average molecular weight is 248 g/mol. The van der Waals surface area contributed by atoms with Gasteiger partial charge in [0.05, 0.1) is 7.11 Å². The predicted molar refractivity (Wildman–Crippen MR) is 70.0 cm³/mol. The number of fused-ring (bicyclic) bond motifs is 2. The fraction of sp³-hybridized carbons (Fsp3) is 0.692. The van der Waals surface area contributed by atoms with Crippen LogP contribution in [-0.4, -0.2) is 42.3 Å². The lowest BCUT2D eigenvalue weighted by molar-refractivity contribution is 0.353. The molecule has 2 aliphatic rings. The maximum Gasteiger partial charge on any atom is 0.218 e. The summed E-state index contributed by atoms with van der Waals surface area (Å²) in [6.07, 6.45) is 6.63. The zero-order chi connectivity index (χ0) is 12.5. The Balaban J connectivity index is 1.75. The van der Waals surface area contributed by atoms with Crippen LogP contribution in [0.5, 0.6) is 5.88 Å². The molecule has 1 aromatic heterocycles. The fourth-order valence-corrected chi connectivity index (χ4v) is 3.16. The van der Waals surface area contributed by atoms with Gasteiger partial charge in [-0.3, -0.25) is 0 Å². The summed E-state index contributed by atoms with van der Waals surface area (Å²) >= 11 is 0. The van der Waals surface area contributed by atoms with Gasteiger partial charge in [0.1, 0.15) is 12.1 Å². The highest BCUT2D eigenvalue weighted by Gasteiger charge is 2.35. The number of hydrogen-bond donors (Lipinski definition) is 1. The minimum absolute atomic E-state index is 0.573. The van der Waals surface area contributed by atoms with Gasteiger partial charge in [-0.15, -0.1) is 0 Å². The Morgan fingerprint density at radius 1 is 1.28 bits per heavy atom. The lowest BCUT2D eigenvalue weighted by atomic mass is 9.98. The Kier molecular flexibility index (Phi) is 3.07. The monoisotopic (exact) mass is 248 g/mol. The van der Waals surface area contributed by atoms with Gasteiger partial charge >= 0.3 is 0 Å². The van der Waals surface area contributed by atoms with E-state index in [1.807, 2.05) is 6.07 Å². The number of rotatable bonds is 3. The first-order valence-electron chi connectivity index (χ1n) is 6.61. The molecule has 18 heavy (non-hydrogen) atoms. The molecule has 2 fully saturated rings. The van der Waals surface area contributed by atoms with Crippen LogP contribution in [0.1, 0.15) is 25.7 Å². The van der Waals surface area contributed by atoms with Gasteiger partial charge in [-0.05, 0) is 25.7 Å². The van der Waals surface area contributed by atoms with Gasteiger partial charge in [0.2, 0.25) is 5.88 Å². The van der Waals surface area contributed by atoms with Gasteiger partial charge in [-0.25, -0.2) is 9.97 Å². The van der Waals surface area contributed by atoms with E-state index >= 15 is 0 Å². The quantitative estimate of drug-likeness (QED) is 0.871. The molecule has 0 amide bonds. The van der Waals surface area contributed by atoms with Crippen LogP contribution in [0.25, 0.3) is 0 Å². The summed E-state index contributed by atoms with van der Waals surface area (Å²) in [4.78, 5) is 10.7. The highest BCUT2D eigenvalue weighted by molar-refractivity contribution is 5.41. The highest BCUT2D eigenvalue weighted by Crippen LogP contribution is 2.31. The molecular weight excluding hydrogens is 228 g/mol. The first-order valence-corrected chi connectivity index (χ1v) is 6.61. The van der Waals surface area contributed by atoms with Gasteiger partial charge in [0, 0.05) is 31.2 Å². The summed E-state index contributed by atoms with van der Waals surface area (Å²) < 4.78 is 5.16. The van der Waals surface area contributed by atoms with E-state index in [9.17, 15) is 0 Å². The zero-order valence-corrected chi connectivity index (χ0v) is 11.0. The molecule has 5 heteroatoms. The predicted octanol–water partition coefficient (Wildman–Crippen LogP) is 1.20. The van der Waals surface area contributed by atoms with Gasteiger partial charge < -0.3 is 15.0 Å². The number of nitrogens with one attached hydrogen (secondary N) is 1. The molecule has 1 aromatic rings. The second kappa shape index (κ2) is 4.72. The van der Waals surface area contributed by atoms with Crippen LogP contribution in [0.3, 0.4) is 0 Å². The number of nitrogens with zero attached hydrogens (tertiary/aromatic N) is 3. The van der Waals surface area contributed by atoms with Crippen molar-refractivity contribution in [2.45, 2.75) is 43.8 Å². The van der Waals surface area contributed by atoms with Crippen molar-refractivity contribution in [3.8, 4) is 5.88 Å². The fourth-order valence-electron chi connectivity index (χ4n) is 3.16. The normalized spacial score (nSPS) is 30.2. The molecule has 2 unspecified atom stereocenters. The molecule has 98 valence electrons. The Hall–Kier alpha value is -1.36. The van der Waals surface area contributed by atoms with Crippen molar-refractivity contribution in [2.75, 3.05) is 19.1 Å². The van der Waals surface area contributed by atoms with E-state index < -0.39 is 0 Å². The largest absolute Gasteiger partial charge is 0.481 e. The summed E-state index contributed by atoms with van der Waals surface area (Å²) in [7, 11) is 3.76. The number of piperidine rings is 1. The Morgan fingerprint density at radius 2 is 2.00 bits per heavy atom. The Labute approximate surface area is 108 Å². The summed E-state index contributed by atoms with van der Waals surface area (Å²) in [5.41, 5.74) is 0. The summed E-state index contributed by atoms with van der Waals surface area (Å²) in [5.74, 6) is 1.58. The van der Waals surface area contributed by atoms with Crippen molar-refractivity contribution in [1.82, 2.24) is 15.3 Å². The number of methoxy groups -OCH3 is 1. The maximum absolute atomic E-state index is 5.16. The van der Waals surface area contributed by atoms with E-state index in [-0.39, 0.29) is 0 Å². The van der Waals surface area contributed by atoms with Crippen LogP contribution >= 0.6 is 0 Å². The van der Waals surface area contributed by atoms with E-state index in [0.29, 0.717) is 24.0 Å². The third-order valence-corrected chi connectivity index (χ3v) is 4.19. The molecule has 5 nitrogen and oxygen atoms in total. The number of ether oxygens (including phenoxy) is 1. The molecule has 3 heterocycles. The lowest BCUT2D eigenvalue weighted by Crippen LogP contribution is -2.47. The summed E-state index contributed by atoms with van der Waals surface area (Å²) in [5, 5.41) is 3.67. The van der Waals surface area contributed by atoms with Crippen LogP contribution in [0, 0.1) is 0 Å². The Bertz CT molecular complexity index is 413. The highest BCUT2D eigenvalue weighted by atomic mass is 16.5. The second-order valence-corrected chi connectivity index (χ2v) is 5.29. The molecule has 0 aliphatic carbocycles.